The summed E-state index contributed by atoms with van der Waals surface area (Å²) in [5.74, 6) is 5.29. The largest absolute Gasteiger partial charge is 0.327 e. The van der Waals surface area contributed by atoms with Crippen molar-refractivity contribution in [1.29, 1.82) is 0 Å². The summed E-state index contributed by atoms with van der Waals surface area (Å²) in [4.78, 5) is 11.1. The van der Waals surface area contributed by atoms with E-state index in [9.17, 15) is 9.36 Å². The number of rotatable bonds is 5. The molecule has 66 valence electrons. The molecule has 0 saturated heterocycles. The molecule has 0 spiro atoms. The van der Waals surface area contributed by atoms with Crippen molar-refractivity contribution in [3.05, 3.63) is 0 Å². The topological polar surface area (TPSA) is 43.4 Å². The summed E-state index contributed by atoms with van der Waals surface area (Å²) in [6, 6.07) is 0. The van der Waals surface area contributed by atoms with Crippen LogP contribution in [0, 0.1) is 17.8 Å². The molecule has 0 aromatic heterocycles. The van der Waals surface area contributed by atoms with Gasteiger partial charge in [0.15, 0.2) is 5.78 Å². The van der Waals surface area contributed by atoms with Crippen LogP contribution >= 0.6 is 8.69 Å². The van der Waals surface area contributed by atoms with Crippen LogP contribution in [0.25, 0.3) is 0 Å². The van der Waals surface area contributed by atoms with Gasteiger partial charge in [0.1, 0.15) is 6.61 Å². The minimum Gasteiger partial charge on any atom is -0.297 e. The number of carbonyl (C=O) groups excluding carboxylic acids is 1. The average molecular weight is 186 g/mol. The Balaban J connectivity index is 3.73. The molecule has 0 radical (unpaired) electrons. The van der Waals surface area contributed by atoms with Crippen molar-refractivity contribution in [2.24, 2.45) is 5.92 Å². The maximum absolute atomic E-state index is 11.1. The normalized spacial score (nSPS) is 11.8. The van der Waals surface area contributed by atoms with Crippen molar-refractivity contribution < 1.29 is 13.9 Å². The van der Waals surface area contributed by atoms with E-state index in [1.165, 1.54) is 0 Å². The van der Waals surface area contributed by atoms with Crippen molar-refractivity contribution in [2.45, 2.75) is 20.3 Å². The molecule has 0 amide bonds. The molecule has 0 rings (SSSR count). The fourth-order valence-electron chi connectivity index (χ4n) is 0.601. The number of carbonyl (C=O) groups is 1. The smallest absolute Gasteiger partial charge is 0.297 e. The van der Waals surface area contributed by atoms with E-state index in [1.54, 1.807) is 13.8 Å². The predicted octanol–water partition coefficient (Wildman–Crippen LogP) is 1.83. The molecule has 0 aliphatic carbocycles. The van der Waals surface area contributed by atoms with Crippen molar-refractivity contribution in [1.82, 2.24) is 0 Å². The first-order valence-corrected chi connectivity index (χ1v) is 4.32. The summed E-state index contributed by atoms with van der Waals surface area (Å²) in [5, 5.41) is 0. The zero-order valence-electron chi connectivity index (χ0n) is 7.16. The van der Waals surface area contributed by atoms with Gasteiger partial charge in [0.2, 0.25) is 0 Å². The minimum absolute atomic E-state index is 0.0684. The van der Waals surface area contributed by atoms with Crippen molar-refractivity contribution in [3.63, 3.8) is 0 Å². The maximum atomic E-state index is 11.1. The molecule has 0 aliphatic rings. The van der Waals surface area contributed by atoms with Crippen molar-refractivity contribution >= 4 is 14.5 Å². The van der Waals surface area contributed by atoms with E-state index in [-0.39, 0.29) is 18.3 Å². The van der Waals surface area contributed by atoms with Gasteiger partial charge >= 0.3 is 8.69 Å². The number of hydrogen-bond acceptors (Lipinski definition) is 3. The zero-order chi connectivity index (χ0) is 9.40. The van der Waals surface area contributed by atoms with Crippen LogP contribution < -0.4 is 0 Å². The Hall–Kier alpha value is -0.710. The van der Waals surface area contributed by atoms with E-state index in [0.717, 1.165) is 0 Å². The summed E-state index contributed by atoms with van der Waals surface area (Å²) >= 11 is 0. The Kier molecular flexibility index (Phi) is 6.55. The first-order chi connectivity index (χ1) is 5.72. The molecule has 0 fully saturated rings. The zero-order valence-corrected chi connectivity index (χ0v) is 8.06. The fourth-order valence-corrected chi connectivity index (χ4v) is 0.781. The van der Waals surface area contributed by atoms with Crippen LogP contribution in [-0.4, -0.2) is 12.4 Å². The van der Waals surface area contributed by atoms with Gasteiger partial charge in [-0.2, -0.15) is 0 Å². The van der Waals surface area contributed by atoms with E-state index in [1.807, 2.05) is 0 Å². The van der Waals surface area contributed by atoms with Gasteiger partial charge in [0.05, 0.1) is 0 Å². The Bertz CT molecular complexity index is 214. The molecule has 0 aliphatic heterocycles. The third-order valence-electron chi connectivity index (χ3n) is 1.39. The van der Waals surface area contributed by atoms with Gasteiger partial charge in [-0.1, -0.05) is 6.92 Å². The van der Waals surface area contributed by atoms with Crippen LogP contribution in [0.2, 0.25) is 0 Å². The Morgan fingerprint density at radius 1 is 1.67 bits per heavy atom. The second-order valence-corrected chi connectivity index (χ2v) is 2.75. The third-order valence-corrected chi connectivity index (χ3v) is 1.63. The first kappa shape index (κ1) is 11.3. The summed E-state index contributed by atoms with van der Waals surface area (Å²) < 4.78 is 14.3. The summed E-state index contributed by atoms with van der Waals surface area (Å²) in [6.07, 6.45) is 0.536. The van der Waals surface area contributed by atoms with Crippen LogP contribution in [-0.2, 0) is 13.9 Å². The lowest BCUT2D eigenvalue weighted by atomic mass is 10.0. The number of ketones is 1. The van der Waals surface area contributed by atoms with E-state index in [4.69, 9.17) is 0 Å². The molecule has 0 aromatic carbocycles. The van der Waals surface area contributed by atoms with Crippen LogP contribution in [0.4, 0.5) is 0 Å². The van der Waals surface area contributed by atoms with E-state index < -0.39 is 8.69 Å². The molecule has 1 unspecified atom stereocenters. The molecule has 0 N–H and O–H groups in total. The quantitative estimate of drug-likeness (QED) is 0.486. The standard InChI is InChI=1S/C8H11O3P/c1-3-4-5-7(2)8(9)6-11-12-10/h7H,5-6H2,1-2H3. The Morgan fingerprint density at radius 2 is 2.33 bits per heavy atom. The summed E-state index contributed by atoms with van der Waals surface area (Å²) in [5.41, 5.74) is 0. The molecular formula is C8H11O3P. The highest BCUT2D eigenvalue weighted by Gasteiger charge is 2.11. The molecule has 12 heavy (non-hydrogen) atoms. The highest BCUT2D eigenvalue weighted by Crippen LogP contribution is 2.04. The lowest BCUT2D eigenvalue weighted by Crippen LogP contribution is -2.14. The molecule has 0 aromatic rings. The molecular weight excluding hydrogens is 175 g/mol. The fraction of sp³-hybridized carbons (Fsp3) is 0.625. The second-order valence-electron chi connectivity index (χ2n) is 2.35. The first-order valence-electron chi connectivity index (χ1n) is 3.59. The van der Waals surface area contributed by atoms with E-state index in [2.05, 4.69) is 16.4 Å². The van der Waals surface area contributed by atoms with Crippen LogP contribution in [0.5, 0.6) is 0 Å². The summed E-state index contributed by atoms with van der Waals surface area (Å²) in [7, 11) is -0.448. The van der Waals surface area contributed by atoms with Crippen molar-refractivity contribution in [2.75, 3.05) is 6.61 Å². The van der Waals surface area contributed by atoms with Crippen molar-refractivity contribution in [3.8, 4) is 11.8 Å². The lowest BCUT2D eigenvalue weighted by molar-refractivity contribution is -0.124. The maximum Gasteiger partial charge on any atom is 0.327 e. The summed E-state index contributed by atoms with van der Waals surface area (Å²) in [6.45, 7) is 3.40. The minimum atomic E-state index is -0.448. The van der Waals surface area contributed by atoms with Crippen LogP contribution in [0.1, 0.15) is 20.3 Å². The van der Waals surface area contributed by atoms with Gasteiger partial charge in [-0.05, 0) is 6.92 Å². The van der Waals surface area contributed by atoms with Crippen LogP contribution in [0.3, 0.4) is 0 Å². The van der Waals surface area contributed by atoms with E-state index in [0.29, 0.717) is 6.42 Å². The van der Waals surface area contributed by atoms with Gasteiger partial charge in [-0.15, -0.1) is 11.8 Å². The molecule has 1 atom stereocenters. The van der Waals surface area contributed by atoms with Crippen LogP contribution in [0.15, 0.2) is 0 Å². The van der Waals surface area contributed by atoms with Gasteiger partial charge in [-0.3, -0.25) is 9.32 Å². The molecule has 0 bridgehead atoms. The predicted molar refractivity (Wildman–Crippen MR) is 45.8 cm³/mol. The highest BCUT2D eigenvalue weighted by atomic mass is 31.1. The average Bonchev–Trinajstić information content (AvgIpc) is 2.10. The second kappa shape index (κ2) is 6.97. The number of Topliss-reactive ketones (excluding diaryl/α,β-unsaturated/α-hetero) is 1. The molecule has 0 saturated carbocycles. The molecule has 3 nitrogen and oxygen atoms in total. The van der Waals surface area contributed by atoms with E-state index >= 15 is 0 Å². The Morgan fingerprint density at radius 3 is 2.83 bits per heavy atom. The Labute approximate surface area is 73.8 Å². The number of hydrogen-bond donors (Lipinski definition) is 0. The van der Waals surface area contributed by atoms with Gasteiger partial charge in [0, 0.05) is 12.3 Å². The SMILES string of the molecule is CC#CCC(C)C(=O)COP=O. The van der Waals surface area contributed by atoms with Gasteiger partial charge < -0.3 is 0 Å². The van der Waals surface area contributed by atoms with Gasteiger partial charge in [0.25, 0.3) is 0 Å². The highest BCUT2D eigenvalue weighted by molar-refractivity contribution is 7.17. The third kappa shape index (κ3) is 5.01. The molecule has 0 heterocycles. The molecule has 4 heteroatoms. The van der Waals surface area contributed by atoms with Gasteiger partial charge in [-0.25, -0.2) is 4.57 Å². The lowest BCUT2D eigenvalue weighted by Gasteiger charge is -2.03. The monoisotopic (exact) mass is 186 g/mol.